The molecule has 1 N–H and O–H groups in total. The summed E-state index contributed by atoms with van der Waals surface area (Å²) >= 11 is 0. The molecule has 0 saturated carbocycles. The Labute approximate surface area is 249 Å². The van der Waals surface area contributed by atoms with Gasteiger partial charge >= 0.3 is 26.2 Å². The molecule has 226 valence electrons. The highest BCUT2D eigenvalue weighted by atomic mass is 32.2. The Hall–Kier alpha value is -4.75. The van der Waals surface area contributed by atoms with Gasteiger partial charge in [0, 0.05) is 11.1 Å². The number of aromatic carboxylic acids is 1. The minimum atomic E-state index is -3.97. The molecule has 4 rings (SSSR count). The van der Waals surface area contributed by atoms with E-state index >= 15 is 0 Å². The monoisotopic (exact) mass is 628 g/mol. The lowest BCUT2D eigenvalue weighted by atomic mass is 9.92. The van der Waals surface area contributed by atoms with E-state index in [1.807, 2.05) is 30.3 Å². The quantitative estimate of drug-likeness (QED) is 0.211. The SMILES string of the molecule is COc1cc(-c2ccc(OCc3ccccc3)c(OS(C)(=O)=O)c2)c(OC)c(C(=O)O)c1-c1ccc(OS(C)(=O)=O)cc1. The van der Waals surface area contributed by atoms with Crippen molar-refractivity contribution in [2.75, 3.05) is 26.7 Å². The van der Waals surface area contributed by atoms with E-state index in [4.69, 9.17) is 22.6 Å². The Balaban J connectivity index is 1.85. The molecule has 0 atom stereocenters. The molecule has 0 aliphatic carbocycles. The van der Waals surface area contributed by atoms with Crippen LogP contribution in [-0.2, 0) is 26.8 Å². The van der Waals surface area contributed by atoms with Gasteiger partial charge in [0.2, 0.25) is 0 Å². The normalized spacial score (nSPS) is 11.4. The average Bonchev–Trinajstić information content (AvgIpc) is 2.94. The van der Waals surface area contributed by atoms with Gasteiger partial charge in [-0.1, -0.05) is 48.5 Å². The van der Waals surface area contributed by atoms with Crippen molar-refractivity contribution in [3.05, 3.63) is 90.0 Å². The van der Waals surface area contributed by atoms with Crippen LogP contribution in [0, 0.1) is 0 Å². The Morgan fingerprint density at radius 3 is 1.91 bits per heavy atom. The van der Waals surface area contributed by atoms with E-state index < -0.39 is 26.2 Å². The predicted molar refractivity (Wildman–Crippen MR) is 159 cm³/mol. The van der Waals surface area contributed by atoms with E-state index in [1.54, 1.807) is 12.1 Å². The fourth-order valence-corrected chi connectivity index (χ4v) is 5.25. The molecular formula is C30H28O11S2. The maximum absolute atomic E-state index is 12.6. The molecule has 4 aromatic carbocycles. The summed E-state index contributed by atoms with van der Waals surface area (Å²) in [7, 11) is -5.07. The van der Waals surface area contributed by atoms with E-state index in [-0.39, 0.29) is 52.0 Å². The zero-order chi connectivity index (χ0) is 31.4. The van der Waals surface area contributed by atoms with Crippen LogP contribution >= 0.6 is 0 Å². The molecule has 13 heteroatoms. The highest BCUT2D eigenvalue weighted by molar-refractivity contribution is 7.86. The second kappa shape index (κ2) is 12.6. The summed E-state index contributed by atoms with van der Waals surface area (Å²) in [5, 5.41) is 10.3. The molecule has 0 saturated heterocycles. The topological polar surface area (TPSA) is 152 Å². The Bertz CT molecular complexity index is 1850. The van der Waals surface area contributed by atoms with Crippen molar-refractivity contribution >= 4 is 26.2 Å². The summed E-state index contributed by atoms with van der Waals surface area (Å²) in [6.45, 7) is 0.142. The number of rotatable bonds is 12. The van der Waals surface area contributed by atoms with Crippen LogP contribution in [0.2, 0.25) is 0 Å². The van der Waals surface area contributed by atoms with Crippen LogP contribution in [0.25, 0.3) is 22.3 Å². The minimum Gasteiger partial charge on any atom is -0.496 e. The molecule has 0 aromatic heterocycles. The molecule has 0 bridgehead atoms. The van der Waals surface area contributed by atoms with Gasteiger partial charge in [-0.25, -0.2) is 4.79 Å². The predicted octanol–water partition coefficient (Wildman–Crippen LogP) is 4.99. The van der Waals surface area contributed by atoms with Gasteiger partial charge in [-0.2, -0.15) is 16.8 Å². The van der Waals surface area contributed by atoms with Gasteiger partial charge in [0.1, 0.15) is 29.4 Å². The second-order valence-electron chi connectivity index (χ2n) is 9.25. The number of hydrogen-bond acceptors (Lipinski definition) is 10. The molecule has 11 nitrogen and oxygen atoms in total. The lowest BCUT2D eigenvalue weighted by Gasteiger charge is -2.20. The van der Waals surface area contributed by atoms with Gasteiger partial charge in [-0.05, 0) is 47.0 Å². The first kappa shape index (κ1) is 31.2. The molecule has 4 aromatic rings. The first-order valence-electron chi connectivity index (χ1n) is 12.5. The Morgan fingerprint density at radius 1 is 0.721 bits per heavy atom. The number of hydrogen-bond donors (Lipinski definition) is 1. The van der Waals surface area contributed by atoms with Crippen molar-refractivity contribution in [3.63, 3.8) is 0 Å². The molecule has 0 fully saturated rings. The summed E-state index contributed by atoms with van der Waals surface area (Å²) in [5.74, 6) is -1.14. The summed E-state index contributed by atoms with van der Waals surface area (Å²) in [6, 6.07) is 21.1. The van der Waals surface area contributed by atoms with Crippen molar-refractivity contribution in [2.24, 2.45) is 0 Å². The van der Waals surface area contributed by atoms with E-state index in [2.05, 4.69) is 0 Å². The summed E-state index contributed by atoms with van der Waals surface area (Å²) in [5.41, 5.74) is 1.77. The maximum Gasteiger partial charge on any atom is 0.340 e. The van der Waals surface area contributed by atoms with Crippen molar-refractivity contribution in [1.82, 2.24) is 0 Å². The van der Waals surface area contributed by atoms with E-state index in [0.29, 0.717) is 11.1 Å². The molecule has 0 aliphatic heterocycles. The molecule has 0 amide bonds. The van der Waals surface area contributed by atoms with E-state index in [9.17, 15) is 26.7 Å². The zero-order valence-corrected chi connectivity index (χ0v) is 25.2. The molecule has 0 unspecified atom stereocenters. The van der Waals surface area contributed by atoms with Crippen LogP contribution in [0.3, 0.4) is 0 Å². The fraction of sp³-hybridized carbons (Fsp3) is 0.167. The van der Waals surface area contributed by atoms with Crippen LogP contribution in [0.15, 0.2) is 78.9 Å². The maximum atomic E-state index is 12.6. The van der Waals surface area contributed by atoms with Crippen LogP contribution in [-0.4, -0.2) is 54.6 Å². The third-order valence-corrected chi connectivity index (χ3v) is 6.98. The van der Waals surface area contributed by atoms with Crippen LogP contribution in [0.5, 0.6) is 28.7 Å². The fourth-order valence-electron chi connectivity index (χ4n) is 4.33. The summed E-state index contributed by atoms with van der Waals surface area (Å²) in [6.07, 6.45) is 1.80. The molecule has 0 aliphatic rings. The number of methoxy groups -OCH3 is 2. The van der Waals surface area contributed by atoms with Gasteiger partial charge < -0.3 is 27.7 Å². The van der Waals surface area contributed by atoms with Crippen molar-refractivity contribution in [3.8, 4) is 51.0 Å². The number of carbonyl (C=O) groups is 1. The molecular weight excluding hydrogens is 600 g/mol. The van der Waals surface area contributed by atoms with Gasteiger partial charge in [-0.3, -0.25) is 0 Å². The molecule has 0 radical (unpaired) electrons. The third kappa shape index (κ3) is 7.76. The minimum absolute atomic E-state index is 0.0389. The first-order chi connectivity index (χ1) is 20.3. The van der Waals surface area contributed by atoms with Gasteiger partial charge in [0.15, 0.2) is 11.5 Å². The summed E-state index contributed by atoms with van der Waals surface area (Å²) < 4.78 is 74.3. The van der Waals surface area contributed by atoms with Crippen LogP contribution < -0.4 is 22.6 Å². The summed E-state index contributed by atoms with van der Waals surface area (Å²) in [4.78, 5) is 12.6. The van der Waals surface area contributed by atoms with Gasteiger partial charge in [0.05, 0.1) is 26.7 Å². The average molecular weight is 629 g/mol. The molecule has 43 heavy (non-hydrogen) atoms. The molecule has 0 heterocycles. The zero-order valence-electron chi connectivity index (χ0n) is 23.6. The van der Waals surface area contributed by atoms with Crippen molar-refractivity contribution in [2.45, 2.75) is 6.61 Å². The number of benzene rings is 4. The number of carboxylic acids is 1. The number of carboxylic acid groups (broad SMARTS) is 1. The molecule has 0 spiro atoms. The third-order valence-electron chi connectivity index (χ3n) is 6.01. The van der Waals surface area contributed by atoms with Gasteiger partial charge in [0.25, 0.3) is 0 Å². The van der Waals surface area contributed by atoms with Crippen LogP contribution in [0.1, 0.15) is 15.9 Å². The van der Waals surface area contributed by atoms with E-state index in [0.717, 1.165) is 18.1 Å². The van der Waals surface area contributed by atoms with Crippen LogP contribution in [0.4, 0.5) is 0 Å². The highest BCUT2D eigenvalue weighted by Gasteiger charge is 2.27. The second-order valence-corrected chi connectivity index (χ2v) is 12.4. The lowest BCUT2D eigenvalue weighted by molar-refractivity contribution is 0.0694. The highest BCUT2D eigenvalue weighted by Crippen LogP contribution is 2.47. The Morgan fingerprint density at radius 2 is 1.35 bits per heavy atom. The largest absolute Gasteiger partial charge is 0.496 e. The van der Waals surface area contributed by atoms with Gasteiger partial charge in [-0.15, -0.1) is 0 Å². The number of ether oxygens (including phenoxy) is 3. The first-order valence-corrected chi connectivity index (χ1v) is 16.2. The van der Waals surface area contributed by atoms with Crippen molar-refractivity contribution in [1.29, 1.82) is 0 Å². The lowest BCUT2D eigenvalue weighted by Crippen LogP contribution is -2.09. The Kier molecular flexibility index (Phi) is 9.16. The van der Waals surface area contributed by atoms with E-state index in [1.165, 1.54) is 50.6 Å². The smallest absolute Gasteiger partial charge is 0.340 e. The standard InChI is InChI=1S/C30H28O11S2/c1-37-26-17-23(21-12-15-24(25(16-21)41-43(4,35)36)39-18-19-8-6-5-7-9-19)29(38-2)28(30(31)32)27(26)20-10-13-22(14-11-20)40-42(3,33)34/h5-17H,18H2,1-4H3,(H,31,32). The van der Waals surface area contributed by atoms with Crippen molar-refractivity contribution < 1.29 is 49.3 Å².